The fourth-order valence-corrected chi connectivity index (χ4v) is 5.69. The summed E-state index contributed by atoms with van der Waals surface area (Å²) < 4.78 is 24.3. The SMILES string of the molecule is O=C(O[C@@H]1[C@@H](OC(=O)c2ccccc2)[C@H](NOCc2ccccc2)C[C@@H](OC(=O)c2ccccc2)[C@H]1OC(=O)c1ccccc1)c1ccccc1. The Morgan fingerprint density at radius 2 is 0.804 bits per heavy atom. The molecular weight excluding hydrogens is 650 g/mol. The predicted molar refractivity (Wildman–Crippen MR) is 185 cm³/mol. The zero-order chi connectivity index (χ0) is 35.4. The summed E-state index contributed by atoms with van der Waals surface area (Å²) in [6.45, 7) is 0.131. The van der Waals surface area contributed by atoms with Crippen LogP contribution in [-0.4, -0.2) is 54.3 Å². The van der Waals surface area contributed by atoms with Crippen molar-refractivity contribution >= 4 is 23.9 Å². The van der Waals surface area contributed by atoms with Crippen molar-refractivity contribution in [3.8, 4) is 0 Å². The first-order valence-electron chi connectivity index (χ1n) is 16.4. The fourth-order valence-electron chi connectivity index (χ4n) is 5.69. The van der Waals surface area contributed by atoms with Crippen LogP contribution in [0.2, 0.25) is 0 Å². The molecule has 10 nitrogen and oxygen atoms in total. The Hall–Kier alpha value is -6.10. The van der Waals surface area contributed by atoms with Gasteiger partial charge < -0.3 is 18.9 Å². The van der Waals surface area contributed by atoms with Gasteiger partial charge in [-0.3, -0.25) is 4.84 Å². The second-order valence-corrected chi connectivity index (χ2v) is 11.8. The second-order valence-electron chi connectivity index (χ2n) is 11.8. The van der Waals surface area contributed by atoms with Gasteiger partial charge in [-0.25, -0.2) is 19.2 Å². The number of hydrogen-bond acceptors (Lipinski definition) is 10. The Balaban J connectivity index is 1.40. The van der Waals surface area contributed by atoms with Crippen LogP contribution in [0.25, 0.3) is 0 Å². The van der Waals surface area contributed by atoms with Crippen LogP contribution in [0.5, 0.6) is 0 Å². The Labute approximate surface area is 294 Å². The van der Waals surface area contributed by atoms with Crippen molar-refractivity contribution in [3.05, 3.63) is 179 Å². The van der Waals surface area contributed by atoms with Gasteiger partial charge in [0.1, 0.15) is 6.10 Å². The maximum atomic E-state index is 13.7. The zero-order valence-corrected chi connectivity index (χ0v) is 27.4. The molecule has 0 bridgehead atoms. The maximum Gasteiger partial charge on any atom is 0.338 e. The van der Waals surface area contributed by atoms with Crippen molar-refractivity contribution in [2.75, 3.05) is 0 Å². The number of hydrogen-bond donors (Lipinski definition) is 1. The molecule has 0 aromatic heterocycles. The van der Waals surface area contributed by atoms with E-state index in [1.165, 1.54) is 0 Å². The van der Waals surface area contributed by atoms with E-state index in [9.17, 15) is 19.2 Å². The Kier molecular flexibility index (Phi) is 11.6. The Bertz CT molecular complexity index is 1890. The van der Waals surface area contributed by atoms with E-state index in [-0.39, 0.29) is 35.3 Å². The summed E-state index contributed by atoms with van der Waals surface area (Å²) in [5.41, 5.74) is 4.73. The lowest BCUT2D eigenvalue weighted by Gasteiger charge is -2.44. The standard InChI is InChI=1S/C41H35NO9/c43-38(29-18-8-2-9-19-29)48-34-26-33(42-47-27-28-16-6-1-7-17-28)35(49-39(44)30-20-10-3-11-21-30)37(51-41(46)32-24-14-5-15-25-32)36(34)50-40(45)31-22-12-4-13-23-31/h1-25,33-37,42H,26-27H2/t33-,34-,35+,36-,37-/m1/s1. The third-order valence-electron chi connectivity index (χ3n) is 8.24. The average molecular weight is 686 g/mol. The molecule has 1 aliphatic carbocycles. The third kappa shape index (κ3) is 9.13. The highest BCUT2D eigenvalue weighted by molar-refractivity contribution is 5.92. The van der Waals surface area contributed by atoms with Crippen molar-refractivity contribution in [1.82, 2.24) is 5.48 Å². The van der Waals surface area contributed by atoms with Gasteiger partial charge >= 0.3 is 23.9 Å². The van der Waals surface area contributed by atoms with Gasteiger partial charge in [0, 0.05) is 6.42 Å². The molecule has 0 spiro atoms. The largest absolute Gasteiger partial charge is 0.455 e. The third-order valence-corrected chi connectivity index (χ3v) is 8.24. The number of rotatable bonds is 12. The molecule has 258 valence electrons. The van der Waals surface area contributed by atoms with Crippen LogP contribution >= 0.6 is 0 Å². The number of hydroxylamine groups is 1. The molecule has 6 rings (SSSR count). The number of esters is 4. The van der Waals surface area contributed by atoms with Crippen molar-refractivity contribution < 1.29 is 43.0 Å². The molecular formula is C41H35NO9. The Morgan fingerprint density at radius 1 is 0.451 bits per heavy atom. The highest BCUT2D eigenvalue weighted by atomic mass is 16.7. The molecule has 0 heterocycles. The van der Waals surface area contributed by atoms with Crippen molar-refractivity contribution in [3.63, 3.8) is 0 Å². The Morgan fingerprint density at radius 3 is 1.24 bits per heavy atom. The molecule has 1 N–H and O–H groups in total. The molecule has 0 amide bonds. The molecule has 1 fully saturated rings. The van der Waals surface area contributed by atoms with Crippen LogP contribution in [0.1, 0.15) is 53.4 Å². The highest BCUT2D eigenvalue weighted by Gasteiger charge is 2.53. The molecule has 5 atom stereocenters. The smallest absolute Gasteiger partial charge is 0.338 e. The quantitative estimate of drug-likeness (QED) is 0.0898. The highest BCUT2D eigenvalue weighted by Crippen LogP contribution is 2.33. The number of benzene rings is 5. The lowest BCUT2D eigenvalue weighted by atomic mass is 9.84. The van der Waals surface area contributed by atoms with Crippen molar-refractivity contribution in [2.45, 2.75) is 43.5 Å². The van der Waals surface area contributed by atoms with E-state index in [1.54, 1.807) is 121 Å². The molecule has 0 radical (unpaired) electrons. The summed E-state index contributed by atoms with van der Waals surface area (Å²) in [6, 6.07) is 41.5. The monoisotopic (exact) mass is 685 g/mol. The first-order valence-corrected chi connectivity index (χ1v) is 16.4. The summed E-state index contributed by atoms with van der Waals surface area (Å²) in [6.07, 6.45) is -5.44. The van der Waals surface area contributed by atoms with E-state index < -0.39 is 54.3 Å². The van der Waals surface area contributed by atoms with E-state index in [2.05, 4.69) is 5.48 Å². The zero-order valence-electron chi connectivity index (χ0n) is 27.4. The van der Waals surface area contributed by atoms with Crippen LogP contribution in [0.15, 0.2) is 152 Å². The van der Waals surface area contributed by atoms with Crippen LogP contribution < -0.4 is 5.48 Å². The van der Waals surface area contributed by atoms with Crippen molar-refractivity contribution in [1.29, 1.82) is 0 Å². The van der Waals surface area contributed by atoms with Crippen molar-refractivity contribution in [2.24, 2.45) is 0 Å². The number of carbonyl (C=O) groups is 4. The normalized spacial score (nSPS) is 19.6. The minimum atomic E-state index is -1.47. The van der Waals surface area contributed by atoms with E-state index in [0.717, 1.165) is 5.56 Å². The van der Waals surface area contributed by atoms with Gasteiger partial charge in [-0.15, -0.1) is 0 Å². The van der Waals surface area contributed by atoms with Gasteiger partial charge in [-0.05, 0) is 54.1 Å². The number of ether oxygens (including phenoxy) is 4. The summed E-state index contributed by atoms with van der Waals surface area (Å²) in [5.74, 6) is -2.95. The minimum absolute atomic E-state index is 0.0633. The lowest BCUT2D eigenvalue weighted by Crippen LogP contribution is -2.64. The molecule has 1 aliphatic rings. The molecule has 5 aromatic rings. The number of nitrogens with one attached hydrogen (secondary N) is 1. The second kappa shape index (κ2) is 17.0. The van der Waals surface area contributed by atoms with Crippen LogP contribution in [0.3, 0.4) is 0 Å². The molecule has 1 saturated carbocycles. The first kappa shape index (κ1) is 34.8. The molecule has 0 aliphatic heterocycles. The van der Waals surface area contributed by atoms with Gasteiger partial charge in [0.2, 0.25) is 0 Å². The summed E-state index contributed by atoms with van der Waals surface area (Å²) >= 11 is 0. The van der Waals surface area contributed by atoms with Crippen LogP contribution in [0, 0.1) is 0 Å². The summed E-state index contributed by atoms with van der Waals surface area (Å²) in [5, 5.41) is 0. The van der Waals surface area contributed by atoms with Gasteiger partial charge in [0.05, 0.1) is 34.9 Å². The lowest BCUT2D eigenvalue weighted by molar-refractivity contribution is -0.173. The van der Waals surface area contributed by atoms with E-state index in [1.807, 2.05) is 30.3 Å². The van der Waals surface area contributed by atoms with Gasteiger partial charge in [-0.2, -0.15) is 5.48 Å². The van der Waals surface area contributed by atoms with Gasteiger partial charge in [-0.1, -0.05) is 103 Å². The van der Waals surface area contributed by atoms with E-state index in [4.69, 9.17) is 23.8 Å². The summed E-state index contributed by atoms with van der Waals surface area (Å²) in [7, 11) is 0. The van der Waals surface area contributed by atoms with E-state index >= 15 is 0 Å². The maximum absolute atomic E-state index is 13.7. The van der Waals surface area contributed by atoms with Crippen LogP contribution in [-0.2, 0) is 30.4 Å². The minimum Gasteiger partial charge on any atom is -0.455 e. The molecule has 0 saturated heterocycles. The van der Waals surface area contributed by atoms with Gasteiger partial charge in [0.15, 0.2) is 18.3 Å². The molecule has 10 heteroatoms. The van der Waals surface area contributed by atoms with Gasteiger partial charge in [0.25, 0.3) is 0 Å². The topological polar surface area (TPSA) is 126 Å². The molecule has 0 unspecified atom stereocenters. The average Bonchev–Trinajstić information content (AvgIpc) is 3.18. The summed E-state index contributed by atoms with van der Waals surface area (Å²) in [4.78, 5) is 60.4. The number of carbonyl (C=O) groups excluding carboxylic acids is 4. The molecule has 51 heavy (non-hydrogen) atoms. The fraction of sp³-hybridized carbons (Fsp3) is 0.171. The molecule has 5 aromatic carbocycles. The van der Waals surface area contributed by atoms with E-state index in [0.29, 0.717) is 0 Å². The van der Waals surface area contributed by atoms with Crippen LogP contribution in [0.4, 0.5) is 0 Å². The first-order chi connectivity index (χ1) is 25.0. The predicted octanol–water partition coefficient (Wildman–Crippen LogP) is 6.38.